The largest absolute Gasteiger partial charge is 0.437 e. The molecule has 0 saturated heterocycles. The molecular weight excluding hydrogens is 495 g/mol. The molecule has 2 fully saturated rings. The Kier molecular flexibility index (Phi) is 7.10. The molecule has 2 saturated carbocycles. The molecule has 8 heteroatoms. The van der Waals surface area contributed by atoms with E-state index in [1.807, 2.05) is 6.08 Å². The number of ketones is 1. The second-order valence-electron chi connectivity index (χ2n) is 11.4. The number of fused-ring (bicyclic) bond motifs is 4. The standard InChI is InChI=1S/C30H36F3NO4/c1-28-16-24(18-5-7-19(8-6-18)27(34-38-4)30(31,32)33)26-22-12-10-21(35)15-20(22)9-11-23(26)25(28)13-14-29(28,37-3)17-36-2/h5-8,15,23-25H,9-14,16-17H2,1-4H3/b34-27+/t23?,24?,25?,28-,29+/m0/s1. The molecule has 38 heavy (non-hydrogen) atoms. The van der Waals surface area contributed by atoms with E-state index in [0.717, 1.165) is 56.8 Å². The lowest BCUT2D eigenvalue weighted by molar-refractivity contribution is -0.149. The van der Waals surface area contributed by atoms with Gasteiger partial charge in [-0.15, -0.1) is 0 Å². The molecule has 3 unspecified atom stereocenters. The number of alkyl halides is 3. The molecule has 0 amide bonds. The molecule has 206 valence electrons. The number of oxime groups is 1. The lowest BCUT2D eigenvalue weighted by Crippen LogP contribution is -2.54. The third kappa shape index (κ3) is 4.24. The summed E-state index contributed by atoms with van der Waals surface area (Å²) >= 11 is 0. The summed E-state index contributed by atoms with van der Waals surface area (Å²) in [6.45, 7) is 2.82. The van der Waals surface area contributed by atoms with Gasteiger partial charge in [0.05, 0.1) is 12.2 Å². The number of hydrogen-bond acceptors (Lipinski definition) is 5. The van der Waals surface area contributed by atoms with Gasteiger partial charge in [-0.2, -0.15) is 13.2 Å². The van der Waals surface area contributed by atoms with Crippen molar-refractivity contribution in [2.75, 3.05) is 27.9 Å². The molecule has 5 atom stereocenters. The summed E-state index contributed by atoms with van der Waals surface area (Å²) in [6, 6.07) is 6.59. The molecule has 5 rings (SSSR count). The van der Waals surface area contributed by atoms with Crippen LogP contribution in [-0.2, 0) is 19.1 Å². The number of carbonyl (C=O) groups is 1. The first-order chi connectivity index (χ1) is 18.1. The van der Waals surface area contributed by atoms with Crippen LogP contribution in [0.4, 0.5) is 13.2 Å². The summed E-state index contributed by atoms with van der Waals surface area (Å²) < 4.78 is 52.8. The van der Waals surface area contributed by atoms with Crippen LogP contribution in [0.15, 0.2) is 52.2 Å². The first-order valence-corrected chi connectivity index (χ1v) is 13.4. The number of hydrogen-bond donors (Lipinski definition) is 0. The molecule has 0 radical (unpaired) electrons. The van der Waals surface area contributed by atoms with E-state index in [1.54, 1.807) is 26.4 Å². The number of ether oxygens (including phenoxy) is 2. The van der Waals surface area contributed by atoms with Crippen molar-refractivity contribution in [2.24, 2.45) is 22.4 Å². The average Bonchev–Trinajstić information content (AvgIpc) is 3.18. The SMILES string of the molecule is COC[C@]1(OC)CCC2C3CCC4=CC(=O)CCC4=C3C(c3ccc(/C(=N\OC)C(F)(F)F)cc3)C[C@@]21C. The minimum Gasteiger partial charge on any atom is -0.399 e. The maximum atomic E-state index is 13.6. The van der Waals surface area contributed by atoms with Gasteiger partial charge in [0.15, 0.2) is 11.5 Å². The zero-order chi connectivity index (χ0) is 27.3. The Balaban J connectivity index is 1.63. The molecule has 5 nitrogen and oxygen atoms in total. The number of halogens is 3. The summed E-state index contributed by atoms with van der Waals surface area (Å²) in [6.07, 6.45) is 3.07. The van der Waals surface area contributed by atoms with Gasteiger partial charge in [-0.1, -0.05) is 41.9 Å². The van der Waals surface area contributed by atoms with E-state index in [1.165, 1.54) is 23.3 Å². The lowest BCUT2D eigenvalue weighted by atomic mass is 9.51. The van der Waals surface area contributed by atoms with Gasteiger partial charge in [0.1, 0.15) is 7.11 Å². The molecule has 0 aliphatic heterocycles. The van der Waals surface area contributed by atoms with Crippen LogP contribution in [-0.4, -0.2) is 51.2 Å². The third-order valence-corrected chi connectivity index (χ3v) is 9.83. The van der Waals surface area contributed by atoms with Crippen LogP contribution in [0, 0.1) is 17.3 Å². The molecule has 1 aromatic carbocycles. The Morgan fingerprint density at radius 2 is 1.82 bits per heavy atom. The molecule has 4 aliphatic carbocycles. The van der Waals surface area contributed by atoms with E-state index >= 15 is 0 Å². The van der Waals surface area contributed by atoms with Gasteiger partial charge >= 0.3 is 6.18 Å². The van der Waals surface area contributed by atoms with E-state index in [9.17, 15) is 18.0 Å². The zero-order valence-corrected chi connectivity index (χ0v) is 22.5. The van der Waals surface area contributed by atoms with Gasteiger partial charge in [-0.25, -0.2) is 0 Å². The highest BCUT2D eigenvalue weighted by Crippen LogP contribution is 2.67. The van der Waals surface area contributed by atoms with Crippen molar-refractivity contribution in [1.82, 2.24) is 0 Å². The van der Waals surface area contributed by atoms with Crippen LogP contribution >= 0.6 is 0 Å². The van der Waals surface area contributed by atoms with Crippen LogP contribution < -0.4 is 0 Å². The highest BCUT2D eigenvalue weighted by molar-refractivity contribution is 6.04. The smallest absolute Gasteiger partial charge is 0.399 e. The van der Waals surface area contributed by atoms with E-state index in [4.69, 9.17) is 9.47 Å². The Labute approximate surface area is 222 Å². The van der Waals surface area contributed by atoms with Crippen molar-refractivity contribution >= 4 is 11.5 Å². The summed E-state index contributed by atoms with van der Waals surface area (Å²) in [4.78, 5) is 16.7. The number of rotatable bonds is 6. The van der Waals surface area contributed by atoms with Crippen molar-refractivity contribution in [3.05, 3.63) is 58.2 Å². The van der Waals surface area contributed by atoms with E-state index in [-0.39, 0.29) is 22.7 Å². The van der Waals surface area contributed by atoms with Gasteiger partial charge < -0.3 is 14.3 Å². The van der Waals surface area contributed by atoms with E-state index in [0.29, 0.717) is 24.9 Å². The minimum absolute atomic E-state index is 0.0142. The number of carbonyl (C=O) groups excluding carboxylic acids is 1. The van der Waals surface area contributed by atoms with Crippen molar-refractivity contribution in [2.45, 2.75) is 69.6 Å². The van der Waals surface area contributed by atoms with Crippen molar-refractivity contribution in [3.63, 3.8) is 0 Å². The second kappa shape index (κ2) is 9.94. The van der Waals surface area contributed by atoms with Crippen LogP contribution in [0.25, 0.3) is 0 Å². The third-order valence-electron chi connectivity index (χ3n) is 9.83. The van der Waals surface area contributed by atoms with Crippen LogP contribution in [0.3, 0.4) is 0 Å². The number of allylic oxidation sites excluding steroid dienone is 4. The first kappa shape index (κ1) is 27.1. The molecule has 0 heterocycles. The van der Waals surface area contributed by atoms with Crippen LogP contribution in [0.2, 0.25) is 0 Å². The molecule has 4 aliphatic rings. The van der Waals surface area contributed by atoms with E-state index in [2.05, 4.69) is 16.9 Å². The first-order valence-electron chi connectivity index (χ1n) is 13.4. The van der Waals surface area contributed by atoms with Crippen LogP contribution in [0.5, 0.6) is 0 Å². The Hall–Kier alpha value is -2.45. The number of methoxy groups -OCH3 is 2. The van der Waals surface area contributed by atoms with Crippen molar-refractivity contribution in [3.8, 4) is 0 Å². The van der Waals surface area contributed by atoms with Crippen molar-refractivity contribution < 1.29 is 32.3 Å². The number of nitrogens with zero attached hydrogens (tertiary/aromatic N) is 1. The fraction of sp³-hybridized carbons (Fsp3) is 0.600. The highest BCUT2D eigenvalue weighted by Gasteiger charge is 2.63. The maximum absolute atomic E-state index is 13.6. The summed E-state index contributed by atoms with van der Waals surface area (Å²) in [5.74, 6) is 0.954. The predicted molar refractivity (Wildman–Crippen MR) is 138 cm³/mol. The molecule has 0 bridgehead atoms. The fourth-order valence-corrected chi connectivity index (χ4v) is 8.13. The molecule has 0 aromatic heterocycles. The lowest BCUT2D eigenvalue weighted by Gasteiger charge is -2.55. The average molecular weight is 532 g/mol. The van der Waals surface area contributed by atoms with Gasteiger partial charge in [0.2, 0.25) is 0 Å². The van der Waals surface area contributed by atoms with E-state index < -0.39 is 17.5 Å². The number of benzene rings is 1. The summed E-state index contributed by atoms with van der Waals surface area (Å²) in [7, 11) is 4.59. The normalized spacial score (nSPS) is 33.4. The molecular formula is C30H36F3NO4. The topological polar surface area (TPSA) is 57.1 Å². The minimum atomic E-state index is -4.63. The maximum Gasteiger partial charge on any atom is 0.437 e. The molecule has 0 N–H and O–H groups in total. The summed E-state index contributed by atoms with van der Waals surface area (Å²) in [5, 5.41) is 3.25. The second-order valence-corrected chi connectivity index (χ2v) is 11.4. The monoisotopic (exact) mass is 531 g/mol. The highest BCUT2D eigenvalue weighted by atomic mass is 19.4. The van der Waals surface area contributed by atoms with Crippen molar-refractivity contribution in [1.29, 1.82) is 0 Å². The van der Waals surface area contributed by atoms with Gasteiger partial charge in [-0.3, -0.25) is 4.79 Å². The zero-order valence-electron chi connectivity index (χ0n) is 22.5. The van der Waals surface area contributed by atoms with Gasteiger partial charge in [-0.05, 0) is 73.1 Å². The molecule has 0 spiro atoms. The summed E-state index contributed by atoms with van der Waals surface area (Å²) in [5.41, 5.74) is 3.14. The van der Waals surface area contributed by atoms with Gasteiger partial charge in [0.25, 0.3) is 0 Å². The van der Waals surface area contributed by atoms with Gasteiger partial charge in [0, 0.05) is 37.5 Å². The Morgan fingerprint density at radius 3 is 2.45 bits per heavy atom. The fourth-order valence-electron chi connectivity index (χ4n) is 8.13. The predicted octanol–water partition coefficient (Wildman–Crippen LogP) is 6.53. The Morgan fingerprint density at radius 1 is 1.08 bits per heavy atom. The molecule has 1 aromatic rings. The quantitative estimate of drug-likeness (QED) is 0.309. The Bertz CT molecular complexity index is 1180. The van der Waals surface area contributed by atoms with Crippen LogP contribution in [0.1, 0.15) is 68.9 Å².